The fraction of sp³-hybridized carbons (Fsp3) is 0.391. The van der Waals surface area contributed by atoms with Crippen LogP contribution in [0.5, 0.6) is 0 Å². The second-order valence-electron chi connectivity index (χ2n) is 8.28. The van der Waals surface area contributed by atoms with Gasteiger partial charge in [-0.1, -0.05) is 0 Å². The van der Waals surface area contributed by atoms with Crippen LogP contribution in [0.3, 0.4) is 0 Å². The quantitative estimate of drug-likeness (QED) is 0.528. The first-order valence-corrected chi connectivity index (χ1v) is 11.3. The molecule has 1 fully saturated rings. The van der Waals surface area contributed by atoms with Crippen molar-refractivity contribution in [2.45, 2.75) is 39.0 Å². The number of nitrogens with one attached hydrogen (secondary N) is 1. The van der Waals surface area contributed by atoms with Crippen LogP contribution in [0, 0.1) is 19.7 Å². The zero-order valence-corrected chi connectivity index (χ0v) is 18.1. The van der Waals surface area contributed by atoms with E-state index in [2.05, 4.69) is 14.9 Å². The van der Waals surface area contributed by atoms with Gasteiger partial charge in [0, 0.05) is 46.0 Å². The largest absolute Gasteiger partial charge is 0.361 e. The molecule has 3 aromatic heterocycles. The molecule has 1 saturated heterocycles. The number of aromatic nitrogens is 3. The number of rotatable bonds is 4. The van der Waals surface area contributed by atoms with Crippen LogP contribution in [0.25, 0.3) is 15.9 Å². The Morgan fingerprint density at radius 2 is 2.07 bits per heavy atom. The minimum absolute atomic E-state index is 0.0759. The molecule has 156 valence electrons. The second-order valence-corrected chi connectivity index (χ2v) is 9.11. The molecule has 7 heteroatoms. The highest BCUT2D eigenvalue weighted by atomic mass is 32.1. The summed E-state index contributed by atoms with van der Waals surface area (Å²) in [6, 6.07) is 4.95. The van der Waals surface area contributed by atoms with E-state index in [1.807, 2.05) is 31.5 Å². The van der Waals surface area contributed by atoms with Crippen LogP contribution in [0.15, 0.2) is 34.6 Å². The average molecular weight is 425 g/mol. The van der Waals surface area contributed by atoms with Crippen molar-refractivity contribution in [3.05, 3.63) is 68.5 Å². The molecule has 0 unspecified atom stereocenters. The summed E-state index contributed by atoms with van der Waals surface area (Å²) in [5, 5.41) is 2.98. The Morgan fingerprint density at radius 1 is 1.27 bits per heavy atom. The second kappa shape index (κ2) is 7.63. The van der Waals surface area contributed by atoms with E-state index in [0.717, 1.165) is 71.7 Å². The van der Waals surface area contributed by atoms with Crippen molar-refractivity contribution in [3.8, 4) is 0 Å². The monoisotopic (exact) mass is 424 g/mol. The Bertz CT molecular complexity index is 1280. The SMILES string of the molecule is Cc1nc2scc(C)n2c(=O)c1CCN1CCC(c2c[nH]c3ccc(F)cc23)CC1. The molecule has 0 aliphatic carbocycles. The van der Waals surface area contributed by atoms with Gasteiger partial charge in [-0.3, -0.25) is 9.20 Å². The first-order valence-electron chi connectivity index (χ1n) is 10.5. The van der Waals surface area contributed by atoms with Crippen molar-refractivity contribution >= 4 is 27.2 Å². The molecular formula is C23H25FN4OS. The summed E-state index contributed by atoms with van der Waals surface area (Å²) in [4.78, 5) is 24.1. The molecule has 5 rings (SSSR count). The number of H-pyrrole nitrogens is 1. The number of likely N-dealkylation sites (tertiary alicyclic amines) is 1. The van der Waals surface area contributed by atoms with Crippen LogP contribution in [0.1, 0.15) is 41.3 Å². The number of aromatic amines is 1. The van der Waals surface area contributed by atoms with Crippen LogP contribution < -0.4 is 5.56 Å². The summed E-state index contributed by atoms with van der Waals surface area (Å²) in [5.41, 5.74) is 4.91. The third-order valence-corrected chi connectivity index (χ3v) is 7.37. The predicted molar refractivity (Wildman–Crippen MR) is 119 cm³/mol. The van der Waals surface area contributed by atoms with Crippen molar-refractivity contribution in [1.29, 1.82) is 0 Å². The molecule has 5 nitrogen and oxygen atoms in total. The number of piperidine rings is 1. The molecule has 1 N–H and O–H groups in total. The van der Waals surface area contributed by atoms with Crippen molar-refractivity contribution in [2.75, 3.05) is 19.6 Å². The number of halogens is 1. The molecule has 0 spiro atoms. The van der Waals surface area contributed by atoms with Gasteiger partial charge in [0.25, 0.3) is 5.56 Å². The number of thiazole rings is 1. The van der Waals surface area contributed by atoms with E-state index >= 15 is 0 Å². The lowest BCUT2D eigenvalue weighted by Crippen LogP contribution is -2.35. The molecule has 0 saturated carbocycles. The zero-order chi connectivity index (χ0) is 20.8. The number of nitrogens with zero attached hydrogens (tertiary/aromatic N) is 3. The number of aryl methyl sites for hydroxylation is 2. The smallest absolute Gasteiger partial charge is 0.262 e. The summed E-state index contributed by atoms with van der Waals surface area (Å²) < 4.78 is 15.4. The topological polar surface area (TPSA) is 53.4 Å². The van der Waals surface area contributed by atoms with Gasteiger partial charge in [0.15, 0.2) is 4.96 Å². The molecule has 4 aromatic rings. The number of benzene rings is 1. The lowest BCUT2D eigenvalue weighted by atomic mass is 9.89. The van der Waals surface area contributed by atoms with Crippen LogP contribution in [-0.2, 0) is 6.42 Å². The molecule has 0 amide bonds. The zero-order valence-electron chi connectivity index (χ0n) is 17.2. The fourth-order valence-electron chi connectivity index (χ4n) is 4.70. The first kappa shape index (κ1) is 19.5. The van der Waals surface area contributed by atoms with E-state index in [9.17, 15) is 9.18 Å². The van der Waals surface area contributed by atoms with Crippen molar-refractivity contribution in [1.82, 2.24) is 19.3 Å². The molecule has 1 aromatic carbocycles. The summed E-state index contributed by atoms with van der Waals surface area (Å²) in [6.07, 6.45) is 4.85. The van der Waals surface area contributed by atoms with Crippen LogP contribution in [-0.4, -0.2) is 38.9 Å². The van der Waals surface area contributed by atoms with Gasteiger partial charge >= 0.3 is 0 Å². The van der Waals surface area contributed by atoms with Crippen molar-refractivity contribution < 1.29 is 4.39 Å². The Hall–Kier alpha value is -2.51. The average Bonchev–Trinajstić information content (AvgIpc) is 3.31. The highest BCUT2D eigenvalue weighted by molar-refractivity contribution is 7.15. The molecule has 30 heavy (non-hydrogen) atoms. The first-order chi connectivity index (χ1) is 14.5. The fourth-order valence-corrected chi connectivity index (χ4v) is 5.60. The van der Waals surface area contributed by atoms with Crippen LogP contribution in [0.2, 0.25) is 0 Å². The maximum absolute atomic E-state index is 13.7. The number of hydrogen-bond acceptors (Lipinski definition) is 4. The van der Waals surface area contributed by atoms with Gasteiger partial charge in [-0.15, -0.1) is 11.3 Å². The molecule has 4 heterocycles. The van der Waals surface area contributed by atoms with Crippen molar-refractivity contribution in [2.24, 2.45) is 0 Å². The maximum Gasteiger partial charge on any atom is 0.262 e. The summed E-state index contributed by atoms with van der Waals surface area (Å²) in [7, 11) is 0. The summed E-state index contributed by atoms with van der Waals surface area (Å²) in [5.74, 6) is 0.254. The molecule has 0 bridgehead atoms. The molecule has 0 radical (unpaired) electrons. The lowest BCUT2D eigenvalue weighted by Gasteiger charge is -2.32. The highest BCUT2D eigenvalue weighted by Crippen LogP contribution is 2.33. The standard InChI is InChI=1S/C23H25FN4OS/c1-14-13-30-23-26-15(2)18(22(29)28(14)23)7-10-27-8-5-16(6-9-27)20-12-25-21-4-3-17(24)11-19(20)21/h3-4,11-13,16,25H,5-10H2,1-2H3. The van der Waals surface area contributed by atoms with E-state index in [1.165, 1.54) is 23.0 Å². The summed E-state index contributed by atoms with van der Waals surface area (Å²) in [6.45, 7) is 6.73. The third kappa shape index (κ3) is 3.36. The number of hydrogen-bond donors (Lipinski definition) is 1. The van der Waals surface area contributed by atoms with Gasteiger partial charge in [-0.2, -0.15) is 0 Å². The lowest BCUT2D eigenvalue weighted by molar-refractivity contribution is 0.215. The van der Waals surface area contributed by atoms with Crippen molar-refractivity contribution in [3.63, 3.8) is 0 Å². The minimum atomic E-state index is -0.186. The van der Waals surface area contributed by atoms with E-state index in [4.69, 9.17) is 0 Å². The van der Waals surface area contributed by atoms with E-state index in [0.29, 0.717) is 5.92 Å². The van der Waals surface area contributed by atoms with E-state index in [1.54, 1.807) is 10.5 Å². The van der Waals surface area contributed by atoms with Gasteiger partial charge in [0.1, 0.15) is 5.82 Å². The Labute approximate surface area is 178 Å². The maximum atomic E-state index is 13.7. The third-order valence-electron chi connectivity index (χ3n) is 6.42. The molecule has 1 aliphatic heterocycles. The van der Waals surface area contributed by atoms with Gasteiger partial charge in [0.05, 0.1) is 0 Å². The Kier molecular flexibility index (Phi) is 4.95. The Morgan fingerprint density at radius 3 is 2.87 bits per heavy atom. The number of fused-ring (bicyclic) bond motifs is 2. The molecule has 1 aliphatic rings. The highest BCUT2D eigenvalue weighted by Gasteiger charge is 2.23. The van der Waals surface area contributed by atoms with E-state index in [-0.39, 0.29) is 11.4 Å². The van der Waals surface area contributed by atoms with Crippen LogP contribution >= 0.6 is 11.3 Å². The van der Waals surface area contributed by atoms with Gasteiger partial charge in [-0.05, 0) is 75.9 Å². The van der Waals surface area contributed by atoms with Gasteiger partial charge in [0.2, 0.25) is 0 Å². The molecule has 0 atom stereocenters. The summed E-state index contributed by atoms with van der Waals surface area (Å²) >= 11 is 1.51. The predicted octanol–water partition coefficient (Wildman–Crippen LogP) is 4.42. The minimum Gasteiger partial charge on any atom is -0.361 e. The Balaban J connectivity index is 1.27. The van der Waals surface area contributed by atoms with Gasteiger partial charge in [-0.25, -0.2) is 9.37 Å². The van der Waals surface area contributed by atoms with E-state index < -0.39 is 0 Å². The normalized spacial score (nSPS) is 16.1. The van der Waals surface area contributed by atoms with Gasteiger partial charge < -0.3 is 9.88 Å². The van der Waals surface area contributed by atoms with Crippen LogP contribution in [0.4, 0.5) is 4.39 Å². The molecular weight excluding hydrogens is 399 g/mol.